The maximum Gasteiger partial charge on any atom is 0.416 e. The van der Waals surface area contributed by atoms with Gasteiger partial charge in [-0.25, -0.2) is 0 Å². The molecule has 0 saturated heterocycles. The molecule has 0 saturated carbocycles. The van der Waals surface area contributed by atoms with E-state index in [1.807, 2.05) is 24.3 Å². The van der Waals surface area contributed by atoms with Crippen molar-refractivity contribution in [2.75, 3.05) is 13.2 Å². The molecular weight excluding hydrogens is 343 g/mol. The Kier molecular flexibility index (Phi) is 7.24. The molecule has 0 fully saturated rings. The number of aliphatic hydroxyl groups excluding tert-OH is 1. The fourth-order valence-corrected chi connectivity index (χ4v) is 2.45. The van der Waals surface area contributed by atoms with Crippen LogP contribution in [0.2, 0.25) is 0 Å². The summed E-state index contributed by atoms with van der Waals surface area (Å²) >= 11 is 0. The van der Waals surface area contributed by atoms with E-state index < -0.39 is 17.8 Å². The molecule has 2 aromatic carbocycles. The van der Waals surface area contributed by atoms with E-state index in [-0.39, 0.29) is 19.7 Å². The molecule has 0 aliphatic carbocycles. The van der Waals surface area contributed by atoms with Gasteiger partial charge in [-0.2, -0.15) is 13.2 Å². The van der Waals surface area contributed by atoms with Crippen LogP contribution in [0.25, 0.3) is 0 Å². The molecule has 3 nitrogen and oxygen atoms in total. The first-order valence-electron chi connectivity index (χ1n) is 8.26. The zero-order valence-corrected chi connectivity index (χ0v) is 14.3. The van der Waals surface area contributed by atoms with Gasteiger partial charge in [-0.15, -0.1) is 6.58 Å². The number of rotatable bonds is 9. The summed E-state index contributed by atoms with van der Waals surface area (Å²) in [6.45, 7) is 4.22. The van der Waals surface area contributed by atoms with Crippen LogP contribution in [0.4, 0.5) is 13.2 Å². The second-order valence-corrected chi connectivity index (χ2v) is 5.89. The van der Waals surface area contributed by atoms with E-state index in [4.69, 9.17) is 4.74 Å². The lowest BCUT2D eigenvalue weighted by Gasteiger charge is -2.15. The van der Waals surface area contributed by atoms with Crippen molar-refractivity contribution in [1.82, 2.24) is 5.32 Å². The molecule has 1 atom stereocenters. The molecule has 26 heavy (non-hydrogen) atoms. The zero-order chi connectivity index (χ0) is 19.0. The maximum atomic E-state index is 12.7. The fraction of sp³-hybridized carbons (Fsp3) is 0.300. The van der Waals surface area contributed by atoms with E-state index in [2.05, 4.69) is 11.9 Å². The lowest BCUT2D eigenvalue weighted by atomic mass is 10.1. The van der Waals surface area contributed by atoms with Crippen molar-refractivity contribution in [2.45, 2.75) is 25.2 Å². The fourth-order valence-electron chi connectivity index (χ4n) is 2.45. The van der Waals surface area contributed by atoms with E-state index in [1.54, 1.807) is 12.1 Å². The molecule has 0 spiro atoms. The number of hydrogen-bond acceptors (Lipinski definition) is 3. The van der Waals surface area contributed by atoms with Crippen LogP contribution in [-0.4, -0.2) is 24.4 Å². The van der Waals surface area contributed by atoms with Crippen molar-refractivity contribution < 1.29 is 23.0 Å². The summed E-state index contributed by atoms with van der Waals surface area (Å²) in [4.78, 5) is 0. The van der Waals surface area contributed by atoms with E-state index in [9.17, 15) is 18.3 Å². The average Bonchev–Trinajstić information content (AvgIpc) is 2.61. The number of ether oxygens (including phenoxy) is 1. The van der Waals surface area contributed by atoms with Crippen LogP contribution in [0.5, 0.6) is 5.75 Å². The van der Waals surface area contributed by atoms with Gasteiger partial charge in [-0.1, -0.05) is 42.5 Å². The number of aliphatic hydroxyl groups is 1. The number of para-hydroxylation sites is 1. The second-order valence-electron chi connectivity index (χ2n) is 5.89. The smallest absolute Gasteiger partial charge is 0.416 e. The molecule has 0 aliphatic heterocycles. The number of halogens is 3. The van der Waals surface area contributed by atoms with Gasteiger partial charge in [0.2, 0.25) is 0 Å². The third-order valence-corrected chi connectivity index (χ3v) is 3.73. The Morgan fingerprint density at radius 1 is 1.15 bits per heavy atom. The van der Waals surface area contributed by atoms with Crippen molar-refractivity contribution in [2.24, 2.45) is 0 Å². The Bertz CT molecular complexity index is 716. The Morgan fingerprint density at radius 2 is 1.92 bits per heavy atom. The summed E-state index contributed by atoms with van der Waals surface area (Å²) in [6.07, 6.45) is -2.70. The predicted molar refractivity (Wildman–Crippen MR) is 95.0 cm³/mol. The summed E-state index contributed by atoms with van der Waals surface area (Å²) in [5, 5.41) is 12.9. The molecule has 140 valence electrons. The number of alkyl halides is 3. The first kappa shape index (κ1) is 20.0. The maximum absolute atomic E-state index is 12.7. The highest BCUT2D eigenvalue weighted by molar-refractivity contribution is 5.34. The van der Waals surface area contributed by atoms with Crippen LogP contribution in [0, 0.1) is 0 Å². The van der Waals surface area contributed by atoms with Crippen molar-refractivity contribution >= 4 is 0 Å². The van der Waals surface area contributed by atoms with Crippen LogP contribution >= 0.6 is 0 Å². The summed E-state index contributed by atoms with van der Waals surface area (Å²) < 4.78 is 43.7. The first-order valence-corrected chi connectivity index (χ1v) is 8.26. The third kappa shape index (κ3) is 6.20. The van der Waals surface area contributed by atoms with Gasteiger partial charge in [0.1, 0.15) is 18.5 Å². The van der Waals surface area contributed by atoms with E-state index in [1.165, 1.54) is 6.07 Å². The van der Waals surface area contributed by atoms with Gasteiger partial charge in [0.05, 0.1) is 5.56 Å². The van der Waals surface area contributed by atoms with E-state index in [0.29, 0.717) is 17.7 Å². The molecular formula is C20H22F3NO2. The molecule has 0 radical (unpaired) electrons. The molecule has 2 N–H and O–H groups in total. The number of allylic oxidation sites excluding steroid dienone is 1. The normalized spacial score (nSPS) is 12.6. The van der Waals surface area contributed by atoms with E-state index in [0.717, 1.165) is 17.7 Å². The minimum absolute atomic E-state index is 0.0871. The minimum atomic E-state index is -4.36. The van der Waals surface area contributed by atoms with E-state index >= 15 is 0 Å². The highest BCUT2D eigenvalue weighted by atomic mass is 19.4. The summed E-state index contributed by atoms with van der Waals surface area (Å²) in [5.74, 6) is 0.685. The van der Waals surface area contributed by atoms with Crippen LogP contribution in [-0.2, 0) is 19.1 Å². The Hall–Kier alpha value is -2.31. The quantitative estimate of drug-likeness (QED) is 0.661. The predicted octanol–water partition coefficient (Wildman–Crippen LogP) is 3.96. The second kappa shape index (κ2) is 9.40. The Balaban J connectivity index is 1.79. The lowest BCUT2D eigenvalue weighted by Crippen LogP contribution is -2.31. The van der Waals surface area contributed by atoms with Gasteiger partial charge in [0, 0.05) is 13.1 Å². The van der Waals surface area contributed by atoms with Gasteiger partial charge < -0.3 is 15.2 Å². The molecule has 1 unspecified atom stereocenters. The van der Waals surface area contributed by atoms with Gasteiger partial charge in [-0.05, 0) is 29.7 Å². The standard InChI is InChI=1S/C20H22F3NO2/c1-2-6-16-8-3-4-10-19(16)26-14-18(25)13-24-12-15-7-5-9-17(11-15)20(21,22)23/h2-5,7-11,18,24-25H,1,6,12-14H2. The van der Waals surface area contributed by atoms with Crippen LogP contribution < -0.4 is 10.1 Å². The van der Waals surface area contributed by atoms with Crippen molar-refractivity contribution in [1.29, 1.82) is 0 Å². The number of nitrogens with one attached hydrogen (secondary N) is 1. The van der Waals surface area contributed by atoms with Gasteiger partial charge >= 0.3 is 6.18 Å². The molecule has 0 aliphatic rings. The number of benzene rings is 2. The zero-order valence-electron chi connectivity index (χ0n) is 14.3. The summed E-state index contributed by atoms with van der Waals surface area (Å²) in [6, 6.07) is 12.6. The average molecular weight is 365 g/mol. The lowest BCUT2D eigenvalue weighted by molar-refractivity contribution is -0.137. The Morgan fingerprint density at radius 3 is 2.65 bits per heavy atom. The topological polar surface area (TPSA) is 41.5 Å². The summed E-state index contributed by atoms with van der Waals surface area (Å²) in [5.41, 5.74) is 0.801. The third-order valence-electron chi connectivity index (χ3n) is 3.73. The largest absolute Gasteiger partial charge is 0.491 e. The highest BCUT2D eigenvalue weighted by Gasteiger charge is 2.30. The van der Waals surface area contributed by atoms with Crippen molar-refractivity contribution in [3.05, 3.63) is 77.9 Å². The first-order chi connectivity index (χ1) is 12.4. The molecule has 0 bridgehead atoms. The van der Waals surface area contributed by atoms with Crippen LogP contribution in [0.1, 0.15) is 16.7 Å². The Labute approximate surface area is 151 Å². The van der Waals surface area contributed by atoms with Crippen LogP contribution in [0.15, 0.2) is 61.2 Å². The molecule has 2 aromatic rings. The van der Waals surface area contributed by atoms with Crippen molar-refractivity contribution in [3.63, 3.8) is 0 Å². The van der Waals surface area contributed by atoms with Gasteiger partial charge in [0.15, 0.2) is 0 Å². The molecule has 0 aromatic heterocycles. The highest BCUT2D eigenvalue weighted by Crippen LogP contribution is 2.29. The molecule has 0 amide bonds. The van der Waals surface area contributed by atoms with Crippen LogP contribution in [0.3, 0.4) is 0 Å². The molecule has 2 rings (SSSR count). The minimum Gasteiger partial charge on any atom is -0.491 e. The summed E-state index contributed by atoms with van der Waals surface area (Å²) in [7, 11) is 0. The van der Waals surface area contributed by atoms with Gasteiger partial charge in [0.25, 0.3) is 0 Å². The molecule has 6 heteroatoms. The number of hydrogen-bond donors (Lipinski definition) is 2. The van der Waals surface area contributed by atoms with Gasteiger partial charge in [-0.3, -0.25) is 0 Å². The SMILES string of the molecule is C=CCc1ccccc1OCC(O)CNCc1cccc(C(F)(F)F)c1. The molecule has 0 heterocycles. The van der Waals surface area contributed by atoms with Crippen molar-refractivity contribution in [3.8, 4) is 5.75 Å². The monoisotopic (exact) mass is 365 g/mol.